The van der Waals surface area contributed by atoms with E-state index < -0.39 is 5.79 Å². The van der Waals surface area contributed by atoms with Crippen molar-refractivity contribution in [1.29, 1.82) is 0 Å². The fraction of sp³-hybridized carbons (Fsp3) is 0.905. The zero-order chi connectivity index (χ0) is 17.4. The first-order chi connectivity index (χ1) is 11.9. The first-order valence-corrected chi connectivity index (χ1v) is 10.2. The molecule has 0 aromatic rings. The Morgan fingerprint density at radius 1 is 0.960 bits per heavy atom. The molecule has 4 nitrogen and oxygen atoms in total. The van der Waals surface area contributed by atoms with Crippen LogP contribution >= 0.6 is 0 Å². The van der Waals surface area contributed by atoms with Gasteiger partial charge in [0.1, 0.15) is 11.6 Å². The topological polar surface area (TPSA) is 52.6 Å². The Kier molecular flexibility index (Phi) is 3.39. The van der Waals surface area contributed by atoms with E-state index in [-0.39, 0.29) is 10.8 Å². The Labute approximate surface area is 150 Å². The molecule has 0 aromatic heterocycles. The molecular formula is C21H30O4. The standard InChI is InChI=1S/C21H30O4/c1-19-7-5-14(22)11-13(19)12-21(24-9-10-25-21)18-15-3-4-17(23)20(15,2)8-6-16(18)19/h13,15-16,18H,3-12H2,1-2H3/t13-,15?,16?,18?,19+,20+/m1/s1. The van der Waals surface area contributed by atoms with Crippen molar-refractivity contribution in [1.82, 2.24) is 0 Å². The lowest BCUT2D eigenvalue weighted by Gasteiger charge is -2.63. The molecule has 0 bridgehead atoms. The number of hydrogen-bond acceptors (Lipinski definition) is 4. The van der Waals surface area contributed by atoms with Gasteiger partial charge in [-0.1, -0.05) is 13.8 Å². The van der Waals surface area contributed by atoms with Crippen LogP contribution in [-0.4, -0.2) is 30.6 Å². The van der Waals surface area contributed by atoms with Crippen LogP contribution in [0.15, 0.2) is 0 Å². The highest BCUT2D eigenvalue weighted by atomic mass is 16.7. The molecule has 3 unspecified atom stereocenters. The van der Waals surface area contributed by atoms with E-state index in [0.29, 0.717) is 54.9 Å². The Morgan fingerprint density at radius 2 is 1.72 bits per heavy atom. The highest BCUT2D eigenvalue weighted by Gasteiger charge is 2.68. The third-order valence-corrected chi connectivity index (χ3v) is 8.99. The Morgan fingerprint density at radius 3 is 2.48 bits per heavy atom. The van der Waals surface area contributed by atoms with Crippen LogP contribution in [0.4, 0.5) is 0 Å². The van der Waals surface area contributed by atoms with Gasteiger partial charge in [0.2, 0.25) is 0 Å². The minimum Gasteiger partial charge on any atom is -0.347 e. The molecule has 0 amide bonds. The van der Waals surface area contributed by atoms with Crippen LogP contribution in [0.25, 0.3) is 0 Å². The summed E-state index contributed by atoms with van der Waals surface area (Å²) in [7, 11) is 0. The number of ketones is 2. The molecule has 1 saturated heterocycles. The third-order valence-electron chi connectivity index (χ3n) is 8.99. The molecule has 5 rings (SSSR count). The van der Waals surface area contributed by atoms with E-state index in [2.05, 4.69) is 13.8 Å². The molecule has 138 valence electrons. The molecule has 5 fully saturated rings. The van der Waals surface area contributed by atoms with E-state index in [1.807, 2.05) is 0 Å². The second kappa shape index (κ2) is 5.16. The zero-order valence-electron chi connectivity index (χ0n) is 15.5. The summed E-state index contributed by atoms with van der Waals surface area (Å²) >= 11 is 0. The zero-order valence-corrected chi connectivity index (χ0v) is 15.5. The van der Waals surface area contributed by atoms with Crippen LogP contribution in [0.5, 0.6) is 0 Å². The number of ether oxygens (including phenoxy) is 2. The number of carbonyl (C=O) groups is 2. The monoisotopic (exact) mass is 346 g/mol. The second-order valence-electron chi connectivity index (χ2n) is 9.82. The molecule has 6 atom stereocenters. The second-order valence-corrected chi connectivity index (χ2v) is 9.82. The SMILES string of the molecule is C[C@]12CCC3C(C1CCC2=O)C1(C[C@H]2CC(=O)CC[C@]32C)OCCO1. The van der Waals surface area contributed by atoms with Crippen LogP contribution in [0.1, 0.15) is 65.2 Å². The molecule has 25 heavy (non-hydrogen) atoms. The van der Waals surface area contributed by atoms with E-state index in [4.69, 9.17) is 9.47 Å². The van der Waals surface area contributed by atoms with Crippen LogP contribution in [0.2, 0.25) is 0 Å². The van der Waals surface area contributed by atoms with Gasteiger partial charge in [0, 0.05) is 37.0 Å². The maximum absolute atomic E-state index is 12.7. The summed E-state index contributed by atoms with van der Waals surface area (Å²) in [6, 6.07) is 0. The minimum absolute atomic E-state index is 0.183. The van der Waals surface area contributed by atoms with Crippen molar-refractivity contribution in [2.75, 3.05) is 13.2 Å². The van der Waals surface area contributed by atoms with Crippen molar-refractivity contribution in [3.8, 4) is 0 Å². The fourth-order valence-electron chi connectivity index (χ4n) is 7.54. The lowest BCUT2D eigenvalue weighted by molar-refractivity contribution is -0.292. The molecule has 4 saturated carbocycles. The van der Waals surface area contributed by atoms with E-state index in [9.17, 15) is 9.59 Å². The van der Waals surface area contributed by atoms with E-state index in [1.165, 1.54) is 0 Å². The van der Waals surface area contributed by atoms with Gasteiger partial charge in [-0.25, -0.2) is 0 Å². The van der Waals surface area contributed by atoms with E-state index in [1.54, 1.807) is 0 Å². The normalized spacial score (nSPS) is 51.3. The number of rotatable bonds is 0. The van der Waals surface area contributed by atoms with E-state index >= 15 is 0 Å². The molecule has 1 spiro atoms. The van der Waals surface area contributed by atoms with Gasteiger partial charge in [0.15, 0.2) is 5.79 Å². The third kappa shape index (κ3) is 2.01. The molecule has 4 heteroatoms. The average Bonchev–Trinajstić information content (AvgIpc) is 3.16. The summed E-state index contributed by atoms with van der Waals surface area (Å²) in [6.45, 7) is 5.92. The maximum Gasteiger partial charge on any atom is 0.172 e. The Balaban J connectivity index is 1.60. The van der Waals surface area contributed by atoms with Crippen molar-refractivity contribution in [2.24, 2.45) is 34.5 Å². The summed E-state index contributed by atoms with van der Waals surface area (Å²) in [6.07, 6.45) is 7.07. The van der Waals surface area contributed by atoms with Gasteiger partial charge in [-0.15, -0.1) is 0 Å². The summed E-state index contributed by atoms with van der Waals surface area (Å²) < 4.78 is 12.6. The lowest BCUT2D eigenvalue weighted by Crippen LogP contribution is -2.63. The predicted octanol–water partition coefficient (Wildman–Crippen LogP) is 3.52. The molecule has 0 radical (unpaired) electrons. The Hall–Kier alpha value is -0.740. The fourth-order valence-corrected chi connectivity index (χ4v) is 7.54. The number of hydrogen-bond donors (Lipinski definition) is 0. The van der Waals surface area contributed by atoms with Gasteiger partial charge < -0.3 is 9.47 Å². The van der Waals surface area contributed by atoms with Crippen molar-refractivity contribution in [3.63, 3.8) is 0 Å². The van der Waals surface area contributed by atoms with Gasteiger partial charge in [-0.2, -0.15) is 0 Å². The van der Waals surface area contributed by atoms with Crippen LogP contribution in [-0.2, 0) is 19.1 Å². The van der Waals surface area contributed by atoms with Gasteiger partial charge >= 0.3 is 0 Å². The van der Waals surface area contributed by atoms with Crippen LogP contribution < -0.4 is 0 Å². The number of Topliss-reactive ketones (excluding diaryl/α,β-unsaturated/α-hetero) is 2. The summed E-state index contributed by atoms with van der Waals surface area (Å²) in [5.74, 6) is 1.91. The smallest absolute Gasteiger partial charge is 0.172 e. The molecule has 5 aliphatic rings. The summed E-state index contributed by atoms with van der Waals surface area (Å²) in [5.41, 5.74) is 0.0171. The van der Waals surface area contributed by atoms with Crippen molar-refractivity contribution in [2.45, 2.75) is 71.0 Å². The van der Waals surface area contributed by atoms with Crippen molar-refractivity contribution < 1.29 is 19.1 Å². The van der Waals surface area contributed by atoms with Gasteiger partial charge in [0.25, 0.3) is 0 Å². The molecule has 4 aliphatic carbocycles. The van der Waals surface area contributed by atoms with Crippen molar-refractivity contribution >= 4 is 11.6 Å². The van der Waals surface area contributed by atoms with Gasteiger partial charge in [-0.05, 0) is 48.9 Å². The van der Waals surface area contributed by atoms with Crippen molar-refractivity contribution in [3.05, 3.63) is 0 Å². The van der Waals surface area contributed by atoms with Gasteiger partial charge in [-0.3, -0.25) is 9.59 Å². The molecular weight excluding hydrogens is 316 g/mol. The number of carbonyl (C=O) groups excluding carboxylic acids is 2. The molecule has 0 N–H and O–H groups in total. The van der Waals surface area contributed by atoms with E-state index in [0.717, 1.165) is 44.9 Å². The van der Waals surface area contributed by atoms with Gasteiger partial charge in [0.05, 0.1) is 13.2 Å². The highest BCUT2D eigenvalue weighted by Crippen LogP contribution is 2.68. The quantitative estimate of drug-likeness (QED) is 0.673. The first kappa shape index (κ1) is 16.4. The molecule has 1 heterocycles. The highest BCUT2D eigenvalue weighted by molar-refractivity contribution is 5.87. The average molecular weight is 346 g/mol. The summed E-state index contributed by atoms with van der Waals surface area (Å²) in [5, 5.41) is 0. The lowest BCUT2D eigenvalue weighted by atomic mass is 9.43. The molecule has 0 aromatic carbocycles. The summed E-state index contributed by atoms with van der Waals surface area (Å²) in [4.78, 5) is 24.9. The minimum atomic E-state index is -0.538. The maximum atomic E-state index is 12.7. The largest absolute Gasteiger partial charge is 0.347 e. The van der Waals surface area contributed by atoms with Crippen LogP contribution in [0.3, 0.4) is 0 Å². The first-order valence-electron chi connectivity index (χ1n) is 10.2. The predicted molar refractivity (Wildman–Crippen MR) is 91.8 cm³/mol. The molecule has 1 aliphatic heterocycles. The number of fused-ring (bicyclic) bond motifs is 6. The Bertz CT molecular complexity index is 621. The van der Waals surface area contributed by atoms with Crippen LogP contribution in [0, 0.1) is 34.5 Å².